The van der Waals surface area contributed by atoms with Crippen LogP contribution in [0.15, 0.2) is 18.2 Å². The third-order valence-electron chi connectivity index (χ3n) is 6.64. The molecule has 3 fully saturated rings. The standard InChI is InChI=1S/C20H14F3N3O5/c1-18-11(7-25)12(17(29)30)19(2,31-18)14-13(18)15(27)26(16(14)28)9-4-3-8(6-24)10(5-9)20(21,22)23/h3-5,11-14H,1-2H3,(H,29,30)/t11-,12+,13+,14+,18-,19+/m1/s1. The van der Waals surface area contributed by atoms with E-state index in [1.807, 2.05) is 6.07 Å². The molecule has 31 heavy (non-hydrogen) atoms. The van der Waals surface area contributed by atoms with Crippen molar-refractivity contribution in [3.63, 3.8) is 0 Å². The summed E-state index contributed by atoms with van der Waals surface area (Å²) in [4.78, 5) is 38.9. The molecule has 0 spiro atoms. The number of benzene rings is 1. The lowest BCUT2D eigenvalue weighted by atomic mass is 9.59. The SMILES string of the molecule is C[C@]12O[C@](C)([C@H](C#N)[C@H]1C(=O)O)[C@@H]1C(=O)N(c3ccc(C#N)c(C(F)(F)F)c3)C(=O)[C@H]12. The number of nitrogens with zero attached hydrogens (tertiary/aromatic N) is 3. The molecule has 0 aromatic heterocycles. The van der Waals surface area contributed by atoms with Crippen LogP contribution < -0.4 is 4.90 Å². The molecule has 160 valence electrons. The molecule has 0 aliphatic carbocycles. The molecule has 2 amide bonds. The second kappa shape index (κ2) is 6.05. The van der Waals surface area contributed by atoms with Crippen molar-refractivity contribution in [2.45, 2.75) is 31.2 Å². The Morgan fingerprint density at radius 3 is 2.23 bits per heavy atom. The van der Waals surface area contributed by atoms with Crippen molar-refractivity contribution in [1.29, 1.82) is 10.5 Å². The minimum Gasteiger partial charge on any atom is -0.481 e. The van der Waals surface area contributed by atoms with Gasteiger partial charge in [0, 0.05) is 0 Å². The number of hydrogen-bond donors (Lipinski definition) is 1. The Morgan fingerprint density at radius 2 is 1.74 bits per heavy atom. The molecule has 8 nitrogen and oxygen atoms in total. The summed E-state index contributed by atoms with van der Waals surface area (Å²) in [6.45, 7) is 2.71. The summed E-state index contributed by atoms with van der Waals surface area (Å²) >= 11 is 0. The minimum absolute atomic E-state index is 0.386. The lowest BCUT2D eigenvalue weighted by Gasteiger charge is -2.35. The number of carboxylic acid groups (broad SMARTS) is 1. The number of aliphatic carboxylic acids is 1. The summed E-state index contributed by atoms with van der Waals surface area (Å²) in [6.07, 6.45) is -4.90. The van der Waals surface area contributed by atoms with Gasteiger partial charge in [0.1, 0.15) is 5.92 Å². The number of carboxylic acids is 1. The van der Waals surface area contributed by atoms with Gasteiger partial charge in [-0.1, -0.05) is 0 Å². The van der Waals surface area contributed by atoms with Gasteiger partial charge in [-0.2, -0.15) is 23.7 Å². The van der Waals surface area contributed by atoms with Crippen LogP contribution in [0.2, 0.25) is 0 Å². The highest BCUT2D eigenvalue weighted by atomic mass is 19.4. The molecular formula is C20H14F3N3O5. The van der Waals surface area contributed by atoms with Crippen LogP contribution in [0.4, 0.5) is 18.9 Å². The Hall–Kier alpha value is -3.44. The molecule has 0 radical (unpaired) electrons. The predicted molar refractivity (Wildman–Crippen MR) is 93.8 cm³/mol. The Labute approximate surface area is 173 Å². The normalized spacial score (nSPS) is 36.3. The summed E-state index contributed by atoms with van der Waals surface area (Å²) in [7, 11) is 0. The van der Waals surface area contributed by atoms with E-state index in [4.69, 9.17) is 10.00 Å². The Balaban J connectivity index is 1.85. The average molecular weight is 433 g/mol. The third-order valence-corrected chi connectivity index (χ3v) is 6.64. The summed E-state index contributed by atoms with van der Waals surface area (Å²) in [5.41, 5.74) is -5.65. The first-order valence-electron chi connectivity index (χ1n) is 9.14. The third kappa shape index (κ3) is 2.41. The lowest BCUT2D eigenvalue weighted by Crippen LogP contribution is -2.53. The van der Waals surface area contributed by atoms with E-state index < -0.39 is 70.0 Å². The maximum atomic E-state index is 13.4. The molecule has 1 aromatic carbocycles. The van der Waals surface area contributed by atoms with Crippen molar-refractivity contribution in [3.05, 3.63) is 29.3 Å². The first kappa shape index (κ1) is 20.8. The molecule has 3 heterocycles. The summed E-state index contributed by atoms with van der Waals surface area (Å²) in [6, 6.07) is 5.74. The average Bonchev–Trinajstić information content (AvgIpc) is 3.19. The maximum Gasteiger partial charge on any atom is 0.417 e. The van der Waals surface area contributed by atoms with Crippen LogP contribution in [0.5, 0.6) is 0 Å². The maximum absolute atomic E-state index is 13.4. The number of amides is 2. The monoisotopic (exact) mass is 433 g/mol. The van der Waals surface area contributed by atoms with Crippen molar-refractivity contribution >= 4 is 23.5 Å². The minimum atomic E-state index is -4.90. The number of hydrogen-bond acceptors (Lipinski definition) is 6. The number of halogens is 3. The zero-order valence-corrected chi connectivity index (χ0v) is 16.1. The number of anilines is 1. The van der Waals surface area contributed by atoms with Gasteiger partial charge in [-0.25, -0.2) is 4.90 Å². The molecule has 1 aromatic rings. The van der Waals surface area contributed by atoms with Crippen molar-refractivity contribution in [2.75, 3.05) is 4.90 Å². The summed E-state index contributed by atoms with van der Waals surface area (Å²) in [5, 5.41) is 28.2. The number of nitriles is 2. The molecule has 11 heteroatoms. The molecule has 3 aliphatic heterocycles. The van der Waals surface area contributed by atoms with E-state index in [-0.39, 0.29) is 5.69 Å². The Kier molecular flexibility index (Phi) is 4.06. The Morgan fingerprint density at radius 1 is 1.16 bits per heavy atom. The summed E-state index contributed by atoms with van der Waals surface area (Å²) < 4.78 is 45.9. The van der Waals surface area contributed by atoms with Crippen LogP contribution in [-0.4, -0.2) is 34.1 Å². The molecule has 0 saturated carbocycles. The second-order valence-electron chi connectivity index (χ2n) is 8.20. The molecule has 0 unspecified atom stereocenters. The van der Waals surface area contributed by atoms with Gasteiger partial charge < -0.3 is 9.84 Å². The number of rotatable bonds is 2. The molecule has 3 aliphatic rings. The zero-order chi connectivity index (χ0) is 23.1. The van der Waals surface area contributed by atoms with Gasteiger partial charge in [-0.05, 0) is 32.0 Å². The van der Waals surface area contributed by atoms with Crippen LogP contribution in [-0.2, 0) is 25.3 Å². The number of alkyl halides is 3. The van der Waals surface area contributed by atoms with E-state index in [1.54, 1.807) is 0 Å². The second-order valence-corrected chi connectivity index (χ2v) is 8.20. The molecule has 1 N–H and O–H groups in total. The van der Waals surface area contributed by atoms with Crippen LogP contribution in [0.1, 0.15) is 25.0 Å². The fourth-order valence-corrected chi connectivity index (χ4v) is 5.45. The van der Waals surface area contributed by atoms with Crippen molar-refractivity contribution < 1.29 is 37.4 Å². The Bertz CT molecular complexity index is 1140. The van der Waals surface area contributed by atoms with Gasteiger partial charge in [0.05, 0.1) is 57.9 Å². The fraction of sp³-hybridized carbons (Fsp3) is 0.450. The van der Waals surface area contributed by atoms with Crippen LogP contribution >= 0.6 is 0 Å². The smallest absolute Gasteiger partial charge is 0.417 e. The van der Waals surface area contributed by atoms with Crippen molar-refractivity contribution in [3.8, 4) is 12.1 Å². The van der Waals surface area contributed by atoms with Crippen molar-refractivity contribution in [2.24, 2.45) is 23.7 Å². The fourth-order valence-electron chi connectivity index (χ4n) is 5.45. The van der Waals surface area contributed by atoms with E-state index in [9.17, 15) is 37.9 Å². The molecule has 3 saturated heterocycles. The predicted octanol–water partition coefficient (Wildman–Crippen LogP) is 2.08. The first-order valence-corrected chi connectivity index (χ1v) is 9.14. The van der Waals surface area contributed by atoms with Gasteiger partial charge in [0.15, 0.2) is 0 Å². The number of carbonyl (C=O) groups is 3. The largest absolute Gasteiger partial charge is 0.481 e. The van der Waals surface area contributed by atoms with Crippen LogP contribution in [0.3, 0.4) is 0 Å². The number of imide groups is 1. The van der Waals surface area contributed by atoms with Crippen molar-refractivity contribution in [1.82, 2.24) is 0 Å². The highest BCUT2D eigenvalue weighted by Gasteiger charge is 2.81. The van der Waals surface area contributed by atoms with Gasteiger partial charge >= 0.3 is 12.1 Å². The van der Waals surface area contributed by atoms with Crippen LogP contribution in [0, 0.1) is 46.3 Å². The molecule has 2 bridgehead atoms. The zero-order valence-electron chi connectivity index (χ0n) is 16.1. The van der Waals surface area contributed by atoms with E-state index in [2.05, 4.69) is 0 Å². The van der Waals surface area contributed by atoms with Gasteiger partial charge in [0.25, 0.3) is 0 Å². The highest BCUT2D eigenvalue weighted by Crippen LogP contribution is 2.65. The quantitative estimate of drug-likeness (QED) is 0.707. The van der Waals surface area contributed by atoms with Gasteiger partial charge in [-0.15, -0.1) is 0 Å². The molecular weight excluding hydrogens is 419 g/mol. The van der Waals surface area contributed by atoms with E-state index in [0.29, 0.717) is 11.0 Å². The van der Waals surface area contributed by atoms with E-state index in [1.165, 1.54) is 19.9 Å². The van der Waals surface area contributed by atoms with Gasteiger partial charge in [0.2, 0.25) is 11.8 Å². The van der Waals surface area contributed by atoms with Crippen LogP contribution in [0.25, 0.3) is 0 Å². The topological polar surface area (TPSA) is 131 Å². The van der Waals surface area contributed by atoms with E-state index in [0.717, 1.165) is 12.1 Å². The van der Waals surface area contributed by atoms with E-state index >= 15 is 0 Å². The first-order chi connectivity index (χ1) is 14.3. The van der Waals surface area contributed by atoms with Gasteiger partial charge in [-0.3, -0.25) is 14.4 Å². The molecule has 4 rings (SSSR count). The number of ether oxygens (including phenoxy) is 1. The molecule has 6 atom stereocenters. The number of fused-ring (bicyclic) bond motifs is 5. The highest BCUT2D eigenvalue weighted by molar-refractivity contribution is 6.23. The lowest BCUT2D eigenvalue weighted by molar-refractivity contribution is -0.151. The summed E-state index contributed by atoms with van der Waals surface area (Å²) in [5.74, 6) is -8.28. The number of carbonyl (C=O) groups excluding carboxylic acids is 2.